The molecule has 1 aliphatic carbocycles. The van der Waals surface area contributed by atoms with Crippen molar-refractivity contribution in [1.29, 1.82) is 0 Å². The SMILES string of the molecule is COc1ccc(C(C)=O)cc1CSc1nnc(-c2ccccc2Cl)n1C1CCCC1. The number of carbonyl (C=O) groups is 1. The van der Waals surface area contributed by atoms with Crippen LogP contribution in [-0.4, -0.2) is 27.7 Å². The van der Waals surface area contributed by atoms with Gasteiger partial charge in [0.25, 0.3) is 0 Å². The smallest absolute Gasteiger partial charge is 0.192 e. The van der Waals surface area contributed by atoms with Gasteiger partial charge in [0.2, 0.25) is 0 Å². The highest BCUT2D eigenvalue weighted by molar-refractivity contribution is 7.98. The van der Waals surface area contributed by atoms with E-state index in [1.165, 1.54) is 12.8 Å². The summed E-state index contributed by atoms with van der Waals surface area (Å²) in [6.45, 7) is 1.57. The fourth-order valence-electron chi connectivity index (χ4n) is 3.95. The molecule has 7 heteroatoms. The Bertz CT molecular complexity index is 1060. The fraction of sp³-hybridized carbons (Fsp3) is 0.348. The first-order chi connectivity index (χ1) is 14.6. The van der Waals surface area contributed by atoms with Crippen LogP contribution in [0.4, 0.5) is 0 Å². The molecule has 0 saturated heterocycles. The highest BCUT2D eigenvalue weighted by Gasteiger charge is 2.26. The van der Waals surface area contributed by atoms with E-state index in [0.717, 1.165) is 40.7 Å². The standard InChI is InChI=1S/C23H24ClN3O2S/c1-15(28)16-11-12-21(29-2)17(13-16)14-30-23-26-25-22(19-9-5-6-10-20(19)24)27(23)18-7-3-4-8-18/h5-6,9-13,18H,3-4,7-8,14H2,1-2H3. The van der Waals surface area contributed by atoms with E-state index >= 15 is 0 Å². The molecule has 0 atom stereocenters. The van der Waals surface area contributed by atoms with Crippen LogP contribution in [0.25, 0.3) is 11.4 Å². The van der Waals surface area contributed by atoms with E-state index in [4.69, 9.17) is 16.3 Å². The number of hydrogen-bond acceptors (Lipinski definition) is 5. The van der Waals surface area contributed by atoms with Gasteiger partial charge in [0, 0.05) is 28.5 Å². The van der Waals surface area contributed by atoms with E-state index in [9.17, 15) is 4.79 Å². The van der Waals surface area contributed by atoms with Gasteiger partial charge in [-0.15, -0.1) is 10.2 Å². The largest absolute Gasteiger partial charge is 0.496 e. The molecule has 4 rings (SSSR count). The predicted molar refractivity (Wildman–Crippen MR) is 121 cm³/mol. The molecule has 1 aliphatic rings. The minimum atomic E-state index is 0.0408. The Morgan fingerprint density at radius 1 is 1.20 bits per heavy atom. The Morgan fingerprint density at radius 3 is 2.67 bits per heavy atom. The third-order valence-electron chi connectivity index (χ3n) is 5.51. The molecule has 0 amide bonds. The highest BCUT2D eigenvalue weighted by Crippen LogP contribution is 2.39. The Hall–Kier alpha value is -2.31. The molecule has 1 heterocycles. The van der Waals surface area contributed by atoms with Gasteiger partial charge >= 0.3 is 0 Å². The monoisotopic (exact) mass is 441 g/mol. The molecule has 0 N–H and O–H groups in total. The molecule has 156 valence electrons. The quantitative estimate of drug-likeness (QED) is 0.322. The van der Waals surface area contributed by atoms with Crippen molar-refractivity contribution in [3.63, 3.8) is 0 Å². The van der Waals surface area contributed by atoms with E-state index in [1.54, 1.807) is 31.9 Å². The van der Waals surface area contributed by atoms with Crippen molar-refractivity contribution in [3.05, 3.63) is 58.6 Å². The van der Waals surface area contributed by atoms with Crippen LogP contribution in [0.15, 0.2) is 47.6 Å². The predicted octanol–water partition coefficient (Wildman–Crippen LogP) is 6.22. The molecule has 0 unspecified atom stereocenters. The van der Waals surface area contributed by atoms with Crippen LogP contribution < -0.4 is 4.74 Å². The third kappa shape index (κ3) is 4.25. The lowest BCUT2D eigenvalue weighted by Gasteiger charge is -2.17. The van der Waals surface area contributed by atoms with Gasteiger partial charge in [0.05, 0.1) is 12.1 Å². The molecule has 1 aromatic heterocycles. The molecular formula is C23H24ClN3O2S. The summed E-state index contributed by atoms with van der Waals surface area (Å²) >= 11 is 8.08. The summed E-state index contributed by atoms with van der Waals surface area (Å²) in [5, 5.41) is 10.6. The number of hydrogen-bond donors (Lipinski definition) is 0. The number of rotatable bonds is 7. The summed E-state index contributed by atoms with van der Waals surface area (Å²) in [7, 11) is 1.65. The lowest BCUT2D eigenvalue weighted by Crippen LogP contribution is -2.08. The second kappa shape index (κ2) is 9.23. The highest BCUT2D eigenvalue weighted by atomic mass is 35.5. The van der Waals surface area contributed by atoms with Crippen molar-refractivity contribution in [2.24, 2.45) is 0 Å². The zero-order valence-electron chi connectivity index (χ0n) is 17.1. The van der Waals surface area contributed by atoms with E-state index in [0.29, 0.717) is 22.4 Å². The van der Waals surface area contributed by atoms with Crippen molar-refractivity contribution in [2.45, 2.75) is 49.6 Å². The van der Waals surface area contributed by atoms with Gasteiger partial charge in [-0.25, -0.2) is 0 Å². The van der Waals surface area contributed by atoms with Gasteiger partial charge in [-0.05, 0) is 50.1 Å². The van der Waals surface area contributed by atoms with Crippen LogP contribution in [0.5, 0.6) is 5.75 Å². The molecule has 30 heavy (non-hydrogen) atoms. The summed E-state index contributed by atoms with van der Waals surface area (Å²) < 4.78 is 7.75. The topological polar surface area (TPSA) is 57.0 Å². The molecule has 0 bridgehead atoms. The summed E-state index contributed by atoms with van der Waals surface area (Å²) in [4.78, 5) is 11.8. The summed E-state index contributed by atoms with van der Waals surface area (Å²) in [5.41, 5.74) is 2.55. The average molecular weight is 442 g/mol. The number of carbonyl (C=O) groups excluding carboxylic acids is 1. The van der Waals surface area contributed by atoms with Crippen molar-refractivity contribution >= 4 is 29.1 Å². The van der Waals surface area contributed by atoms with E-state index in [1.807, 2.05) is 36.4 Å². The molecule has 0 spiro atoms. The summed E-state index contributed by atoms with van der Waals surface area (Å²) in [6, 6.07) is 13.7. The van der Waals surface area contributed by atoms with Crippen LogP contribution in [0.2, 0.25) is 5.02 Å². The number of nitrogens with zero attached hydrogens (tertiary/aromatic N) is 3. The van der Waals surface area contributed by atoms with E-state index in [2.05, 4.69) is 14.8 Å². The van der Waals surface area contributed by atoms with Crippen LogP contribution in [0, 0.1) is 0 Å². The normalized spacial score (nSPS) is 14.2. The Kier molecular flexibility index (Phi) is 6.44. The Labute approximate surface area is 185 Å². The van der Waals surface area contributed by atoms with Crippen molar-refractivity contribution < 1.29 is 9.53 Å². The molecule has 5 nitrogen and oxygen atoms in total. The first kappa shape index (κ1) is 20.9. The molecule has 0 aliphatic heterocycles. The first-order valence-electron chi connectivity index (χ1n) is 10.1. The molecule has 1 saturated carbocycles. The van der Waals surface area contributed by atoms with Gasteiger partial charge in [-0.3, -0.25) is 9.36 Å². The van der Waals surface area contributed by atoms with Crippen LogP contribution in [0.3, 0.4) is 0 Å². The molecule has 1 fully saturated rings. The second-order valence-electron chi connectivity index (χ2n) is 7.47. The Morgan fingerprint density at radius 2 is 1.97 bits per heavy atom. The average Bonchev–Trinajstić information content (AvgIpc) is 3.41. The number of benzene rings is 2. The number of halogens is 1. The van der Waals surface area contributed by atoms with Crippen molar-refractivity contribution in [3.8, 4) is 17.1 Å². The lowest BCUT2D eigenvalue weighted by molar-refractivity contribution is 0.101. The number of methoxy groups -OCH3 is 1. The number of aromatic nitrogens is 3. The van der Waals surface area contributed by atoms with Crippen molar-refractivity contribution in [1.82, 2.24) is 14.8 Å². The summed E-state index contributed by atoms with van der Waals surface area (Å²) in [5.74, 6) is 2.27. The maximum atomic E-state index is 11.8. The fourth-order valence-corrected chi connectivity index (χ4v) is 5.15. The van der Waals surface area contributed by atoms with Crippen molar-refractivity contribution in [2.75, 3.05) is 7.11 Å². The van der Waals surface area contributed by atoms with Gasteiger partial charge in [0.1, 0.15) is 5.75 Å². The van der Waals surface area contributed by atoms with Gasteiger partial charge in [0.15, 0.2) is 16.8 Å². The molecule has 0 radical (unpaired) electrons. The third-order valence-corrected chi connectivity index (χ3v) is 6.83. The Balaban J connectivity index is 1.68. The zero-order chi connectivity index (χ0) is 21.1. The molecule has 3 aromatic rings. The number of ether oxygens (including phenoxy) is 1. The number of Topliss-reactive ketones (excluding diaryl/α,β-unsaturated/α-hetero) is 1. The maximum Gasteiger partial charge on any atom is 0.192 e. The second-order valence-corrected chi connectivity index (χ2v) is 8.82. The van der Waals surface area contributed by atoms with Gasteiger partial charge in [-0.1, -0.05) is 48.3 Å². The molecular weight excluding hydrogens is 418 g/mol. The van der Waals surface area contributed by atoms with Crippen LogP contribution in [-0.2, 0) is 5.75 Å². The number of thioether (sulfide) groups is 1. The minimum Gasteiger partial charge on any atom is -0.496 e. The number of ketones is 1. The first-order valence-corrected chi connectivity index (χ1v) is 11.4. The minimum absolute atomic E-state index is 0.0408. The van der Waals surface area contributed by atoms with Gasteiger partial charge < -0.3 is 4.74 Å². The van der Waals surface area contributed by atoms with Gasteiger partial charge in [-0.2, -0.15) is 0 Å². The lowest BCUT2D eigenvalue weighted by atomic mass is 10.1. The van der Waals surface area contributed by atoms with E-state index in [-0.39, 0.29) is 5.78 Å². The molecule has 2 aromatic carbocycles. The van der Waals surface area contributed by atoms with Crippen LogP contribution >= 0.6 is 23.4 Å². The zero-order valence-corrected chi connectivity index (χ0v) is 18.7. The van der Waals surface area contributed by atoms with E-state index < -0.39 is 0 Å². The van der Waals surface area contributed by atoms with Crippen LogP contribution in [0.1, 0.15) is 54.6 Å². The maximum absolute atomic E-state index is 11.8. The summed E-state index contributed by atoms with van der Waals surface area (Å²) in [6.07, 6.45) is 4.66.